The van der Waals surface area contributed by atoms with Crippen LogP contribution in [0.5, 0.6) is 0 Å². The standard InChI is InChI=1S/C13H30N2/c1-6-9-10-13(11-14-12(4)5)15(7-2)8-3/h12-14H,6-11H2,1-5H3. The second-order valence-corrected chi connectivity index (χ2v) is 4.58. The summed E-state index contributed by atoms with van der Waals surface area (Å²) < 4.78 is 0. The molecule has 0 rings (SSSR count). The highest BCUT2D eigenvalue weighted by atomic mass is 15.2. The van der Waals surface area contributed by atoms with Crippen molar-refractivity contribution in [2.24, 2.45) is 0 Å². The van der Waals surface area contributed by atoms with Gasteiger partial charge >= 0.3 is 0 Å². The molecule has 0 amide bonds. The largest absolute Gasteiger partial charge is 0.313 e. The van der Waals surface area contributed by atoms with Crippen molar-refractivity contribution >= 4 is 0 Å². The van der Waals surface area contributed by atoms with E-state index in [1.807, 2.05) is 0 Å². The van der Waals surface area contributed by atoms with Gasteiger partial charge in [-0.3, -0.25) is 4.90 Å². The zero-order valence-corrected chi connectivity index (χ0v) is 11.3. The fourth-order valence-corrected chi connectivity index (χ4v) is 1.97. The lowest BCUT2D eigenvalue weighted by molar-refractivity contribution is 0.195. The van der Waals surface area contributed by atoms with Gasteiger partial charge in [0.15, 0.2) is 0 Å². The molecule has 0 aliphatic rings. The molecule has 0 fully saturated rings. The van der Waals surface area contributed by atoms with Crippen molar-refractivity contribution in [3.63, 3.8) is 0 Å². The lowest BCUT2D eigenvalue weighted by Crippen LogP contribution is -2.43. The normalized spacial score (nSPS) is 13.8. The molecule has 0 radical (unpaired) electrons. The van der Waals surface area contributed by atoms with Crippen LogP contribution < -0.4 is 5.32 Å². The summed E-state index contributed by atoms with van der Waals surface area (Å²) in [5.41, 5.74) is 0. The molecule has 0 aromatic heterocycles. The van der Waals surface area contributed by atoms with Crippen molar-refractivity contribution in [1.82, 2.24) is 10.2 Å². The fourth-order valence-electron chi connectivity index (χ4n) is 1.97. The summed E-state index contributed by atoms with van der Waals surface area (Å²) in [6, 6.07) is 1.33. The maximum Gasteiger partial charge on any atom is 0.0220 e. The topological polar surface area (TPSA) is 15.3 Å². The highest BCUT2D eigenvalue weighted by Gasteiger charge is 2.14. The zero-order valence-electron chi connectivity index (χ0n) is 11.3. The van der Waals surface area contributed by atoms with Crippen LogP contribution in [0.2, 0.25) is 0 Å². The Morgan fingerprint density at radius 2 is 1.67 bits per heavy atom. The number of rotatable bonds is 9. The van der Waals surface area contributed by atoms with Gasteiger partial charge in [-0.25, -0.2) is 0 Å². The van der Waals surface area contributed by atoms with Crippen molar-refractivity contribution in [3.8, 4) is 0 Å². The molecule has 0 aromatic carbocycles. The molecule has 0 spiro atoms. The Balaban J connectivity index is 4.03. The average molecular weight is 214 g/mol. The van der Waals surface area contributed by atoms with E-state index in [2.05, 4.69) is 44.8 Å². The van der Waals surface area contributed by atoms with E-state index in [9.17, 15) is 0 Å². The number of nitrogens with one attached hydrogen (secondary N) is 1. The van der Waals surface area contributed by atoms with Crippen molar-refractivity contribution in [3.05, 3.63) is 0 Å². The Bertz CT molecular complexity index is 130. The first kappa shape index (κ1) is 14.9. The highest BCUT2D eigenvalue weighted by Crippen LogP contribution is 2.08. The summed E-state index contributed by atoms with van der Waals surface area (Å²) in [5, 5.41) is 3.56. The lowest BCUT2D eigenvalue weighted by atomic mass is 10.1. The number of hydrogen-bond donors (Lipinski definition) is 1. The van der Waals surface area contributed by atoms with Crippen molar-refractivity contribution in [2.75, 3.05) is 19.6 Å². The third kappa shape index (κ3) is 6.91. The second kappa shape index (κ2) is 9.17. The Labute approximate surface area is 96.4 Å². The number of hydrogen-bond acceptors (Lipinski definition) is 2. The fraction of sp³-hybridized carbons (Fsp3) is 1.00. The van der Waals surface area contributed by atoms with E-state index >= 15 is 0 Å². The van der Waals surface area contributed by atoms with Gasteiger partial charge in [-0.1, -0.05) is 47.5 Å². The smallest absolute Gasteiger partial charge is 0.0220 e. The summed E-state index contributed by atoms with van der Waals surface area (Å²) in [6.07, 6.45) is 3.98. The molecule has 2 heteroatoms. The molecule has 0 saturated carbocycles. The summed E-state index contributed by atoms with van der Waals surface area (Å²) >= 11 is 0. The van der Waals surface area contributed by atoms with Crippen molar-refractivity contribution in [2.45, 2.75) is 66.0 Å². The Kier molecular flexibility index (Phi) is 9.12. The maximum absolute atomic E-state index is 3.56. The first-order valence-corrected chi connectivity index (χ1v) is 6.63. The molecule has 0 heterocycles. The molecular weight excluding hydrogens is 184 g/mol. The highest BCUT2D eigenvalue weighted by molar-refractivity contribution is 4.73. The first-order valence-electron chi connectivity index (χ1n) is 6.63. The van der Waals surface area contributed by atoms with Crippen LogP contribution in [0.15, 0.2) is 0 Å². The molecule has 1 atom stereocenters. The molecule has 1 N–H and O–H groups in total. The van der Waals surface area contributed by atoms with Crippen LogP contribution >= 0.6 is 0 Å². The molecule has 0 bridgehead atoms. The molecule has 0 aromatic rings. The molecule has 0 saturated heterocycles. The van der Waals surface area contributed by atoms with Crippen LogP contribution in [0.4, 0.5) is 0 Å². The number of nitrogens with zero attached hydrogens (tertiary/aromatic N) is 1. The third-order valence-corrected chi connectivity index (χ3v) is 2.98. The van der Waals surface area contributed by atoms with Gasteiger partial charge in [0.05, 0.1) is 0 Å². The SMILES string of the molecule is CCCCC(CNC(C)C)N(CC)CC. The van der Waals surface area contributed by atoms with Gasteiger partial charge in [-0.2, -0.15) is 0 Å². The van der Waals surface area contributed by atoms with Crippen LogP contribution in [-0.2, 0) is 0 Å². The van der Waals surface area contributed by atoms with E-state index in [4.69, 9.17) is 0 Å². The van der Waals surface area contributed by atoms with Crippen LogP contribution in [0.3, 0.4) is 0 Å². The quantitative estimate of drug-likeness (QED) is 0.635. The van der Waals surface area contributed by atoms with Crippen LogP contribution in [-0.4, -0.2) is 36.6 Å². The van der Waals surface area contributed by atoms with Gasteiger partial charge in [-0.15, -0.1) is 0 Å². The summed E-state index contributed by atoms with van der Waals surface area (Å²) in [7, 11) is 0. The van der Waals surface area contributed by atoms with E-state index < -0.39 is 0 Å². The Hall–Kier alpha value is -0.0800. The molecule has 0 aliphatic heterocycles. The number of unbranched alkanes of at least 4 members (excludes halogenated alkanes) is 1. The van der Waals surface area contributed by atoms with E-state index in [0.717, 1.165) is 12.6 Å². The minimum absolute atomic E-state index is 0.602. The summed E-state index contributed by atoms with van der Waals surface area (Å²) in [4.78, 5) is 2.57. The van der Waals surface area contributed by atoms with E-state index in [1.54, 1.807) is 0 Å². The predicted molar refractivity (Wildman–Crippen MR) is 69.4 cm³/mol. The molecule has 92 valence electrons. The molecule has 0 aliphatic carbocycles. The number of likely N-dealkylation sites (N-methyl/N-ethyl adjacent to an activating group) is 1. The van der Waals surface area contributed by atoms with Gasteiger partial charge in [0, 0.05) is 18.6 Å². The van der Waals surface area contributed by atoms with Gasteiger partial charge < -0.3 is 5.32 Å². The van der Waals surface area contributed by atoms with Gasteiger partial charge in [0.1, 0.15) is 0 Å². The van der Waals surface area contributed by atoms with Gasteiger partial charge in [0.2, 0.25) is 0 Å². The van der Waals surface area contributed by atoms with Crippen LogP contribution in [0, 0.1) is 0 Å². The predicted octanol–water partition coefficient (Wildman–Crippen LogP) is 2.89. The minimum atomic E-state index is 0.602. The van der Waals surface area contributed by atoms with Gasteiger partial charge in [0.25, 0.3) is 0 Å². The minimum Gasteiger partial charge on any atom is -0.313 e. The van der Waals surface area contributed by atoms with Crippen molar-refractivity contribution in [1.29, 1.82) is 0 Å². The Morgan fingerprint density at radius 3 is 2.07 bits per heavy atom. The average Bonchev–Trinajstić information content (AvgIpc) is 2.22. The molecule has 2 nitrogen and oxygen atoms in total. The first-order chi connectivity index (χ1) is 7.15. The molecule has 1 unspecified atom stereocenters. The van der Waals surface area contributed by atoms with Gasteiger partial charge in [-0.05, 0) is 19.5 Å². The van der Waals surface area contributed by atoms with E-state index in [-0.39, 0.29) is 0 Å². The summed E-state index contributed by atoms with van der Waals surface area (Å²) in [5.74, 6) is 0. The molecular formula is C13H30N2. The zero-order chi connectivity index (χ0) is 11.7. The van der Waals surface area contributed by atoms with Crippen molar-refractivity contribution < 1.29 is 0 Å². The third-order valence-electron chi connectivity index (χ3n) is 2.98. The monoisotopic (exact) mass is 214 g/mol. The van der Waals surface area contributed by atoms with E-state index in [0.29, 0.717) is 6.04 Å². The van der Waals surface area contributed by atoms with E-state index in [1.165, 1.54) is 32.4 Å². The second-order valence-electron chi connectivity index (χ2n) is 4.58. The molecule has 15 heavy (non-hydrogen) atoms. The lowest BCUT2D eigenvalue weighted by Gasteiger charge is -2.30. The Morgan fingerprint density at radius 1 is 1.07 bits per heavy atom. The van der Waals surface area contributed by atoms with Crippen LogP contribution in [0.25, 0.3) is 0 Å². The maximum atomic E-state index is 3.56. The summed E-state index contributed by atoms with van der Waals surface area (Å²) in [6.45, 7) is 14.7. The van der Waals surface area contributed by atoms with Crippen LogP contribution in [0.1, 0.15) is 53.9 Å².